The smallest absolute Gasteiger partial charge is 0.257 e. The molecule has 0 saturated carbocycles. The Bertz CT molecular complexity index is 1050. The number of carbonyl (C=O) groups is 1. The number of aromatic nitrogens is 2. The zero-order valence-corrected chi connectivity index (χ0v) is 15.2. The van der Waals surface area contributed by atoms with Gasteiger partial charge < -0.3 is 5.32 Å². The number of hydrogen-bond acceptors (Lipinski definition) is 4. The van der Waals surface area contributed by atoms with Crippen LogP contribution in [0.15, 0.2) is 60.9 Å². The minimum Gasteiger partial charge on any atom is -0.322 e. The van der Waals surface area contributed by atoms with E-state index in [4.69, 9.17) is 0 Å². The van der Waals surface area contributed by atoms with E-state index in [-0.39, 0.29) is 11.3 Å². The van der Waals surface area contributed by atoms with Crippen LogP contribution in [0.4, 0.5) is 15.8 Å². The largest absolute Gasteiger partial charge is 0.322 e. The molecule has 0 bridgehead atoms. The Hall–Kier alpha value is -3.20. The summed E-state index contributed by atoms with van der Waals surface area (Å²) >= 11 is 0. The van der Waals surface area contributed by atoms with Gasteiger partial charge in [-0.1, -0.05) is 12.1 Å². The zero-order valence-electron chi connectivity index (χ0n) is 14.4. The number of halogens is 1. The van der Waals surface area contributed by atoms with E-state index in [0.29, 0.717) is 12.2 Å². The molecule has 7 nitrogen and oxygen atoms in total. The predicted octanol–water partition coefficient (Wildman–Crippen LogP) is 2.69. The van der Waals surface area contributed by atoms with Gasteiger partial charge in [-0.15, -0.1) is 0 Å². The molecule has 2 aromatic carbocycles. The number of benzene rings is 2. The van der Waals surface area contributed by atoms with Crippen molar-refractivity contribution < 1.29 is 17.6 Å². The lowest BCUT2D eigenvalue weighted by atomic mass is 10.1. The highest BCUT2D eigenvalue weighted by molar-refractivity contribution is 7.92. The van der Waals surface area contributed by atoms with E-state index in [9.17, 15) is 17.6 Å². The van der Waals surface area contributed by atoms with E-state index in [2.05, 4.69) is 15.1 Å². The monoisotopic (exact) mass is 388 g/mol. The Kier molecular flexibility index (Phi) is 5.22. The Morgan fingerprint density at radius 1 is 1.19 bits per heavy atom. The molecule has 0 saturated heterocycles. The molecule has 1 heterocycles. The Morgan fingerprint density at radius 2 is 1.93 bits per heavy atom. The maximum atomic E-state index is 13.5. The van der Waals surface area contributed by atoms with Crippen molar-refractivity contribution in [1.82, 2.24) is 9.78 Å². The molecule has 1 aromatic heterocycles. The van der Waals surface area contributed by atoms with E-state index < -0.39 is 21.7 Å². The van der Waals surface area contributed by atoms with Gasteiger partial charge in [0.05, 0.1) is 24.1 Å². The Labute approximate surface area is 155 Å². The van der Waals surface area contributed by atoms with E-state index in [1.54, 1.807) is 23.0 Å². The molecule has 0 aliphatic carbocycles. The van der Waals surface area contributed by atoms with Crippen molar-refractivity contribution in [3.8, 4) is 0 Å². The maximum Gasteiger partial charge on any atom is 0.257 e. The number of sulfonamides is 1. The minimum atomic E-state index is -3.61. The second-order valence-corrected chi connectivity index (χ2v) is 7.67. The van der Waals surface area contributed by atoms with Crippen LogP contribution in [0.3, 0.4) is 0 Å². The molecule has 0 fully saturated rings. The lowest BCUT2D eigenvalue weighted by Crippen LogP contribution is -2.18. The summed E-state index contributed by atoms with van der Waals surface area (Å²) < 4.78 is 40.4. The Balaban J connectivity index is 1.76. The van der Waals surface area contributed by atoms with E-state index in [1.807, 2.05) is 24.4 Å². The summed E-state index contributed by atoms with van der Waals surface area (Å²) in [6.45, 7) is 0.591. The standard InChI is InChI=1S/C18H17FN4O3S/c1-27(25,26)22-17-8-5-14(19)11-16(17)18(24)21-15-6-3-13(4-7-15)12-23-10-2-9-20-23/h2-11,22H,12H2,1H3,(H,21,24). The minimum absolute atomic E-state index is 0.00621. The first-order valence-electron chi connectivity index (χ1n) is 7.95. The molecular formula is C18H17FN4O3S. The third-order valence-electron chi connectivity index (χ3n) is 3.64. The van der Waals surface area contributed by atoms with Crippen LogP contribution in [0, 0.1) is 5.82 Å². The first kappa shape index (κ1) is 18.6. The van der Waals surface area contributed by atoms with Gasteiger partial charge in [-0.25, -0.2) is 12.8 Å². The first-order chi connectivity index (χ1) is 12.8. The average molecular weight is 388 g/mol. The van der Waals surface area contributed by atoms with Crippen LogP contribution in [0.2, 0.25) is 0 Å². The van der Waals surface area contributed by atoms with Crippen molar-refractivity contribution in [2.24, 2.45) is 0 Å². The van der Waals surface area contributed by atoms with Gasteiger partial charge >= 0.3 is 0 Å². The third-order valence-corrected chi connectivity index (χ3v) is 4.23. The number of hydrogen-bond donors (Lipinski definition) is 2. The third kappa shape index (κ3) is 5.14. The second-order valence-electron chi connectivity index (χ2n) is 5.92. The first-order valence-corrected chi connectivity index (χ1v) is 9.84. The van der Waals surface area contributed by atoms with Crippen molar-refractivity contribution in [3.63, 3.8) is 0 Å². The van der Waals surface area contributed by atoms with Crippen molar-refractivity contribution >= 4 is 27.3 Å². The zero-order chi connectivity index (χ0) is 19.4. The van der Waals surface area contributed by atoms with E-state index in [1.165, 1.54) is 6.07 Å². The van der Waals surface area contributed by atoms with Crippen LogP contribution in [0.5, 0.6) is 0 Å². The molecule has 0 aliphatic heterocycles. The normalized spacial score (nSPS) is 11.2. The van der Waals surface area contributed by atoms with E-state index in [0.717, 1.165) is 24.0 Å². The number of amides is 1. The van der Waals surface area contributed by atoms with Gasteiger partial charge in [0.25, 0.3) is 5.91 Å². The summed E-state index contributed by atoms with van der Waals surface area (Å²) in [7, 11) is -3.61. The van der Waals surface area contributed by atoms with Crippen molar-refractivity contribution in [1.29, 1.82) is 0 Å². The molecule has 9 heteroatoms. The molecule has 2 N–H and O–H groups in total. The fourth-order valence-corrected chi connectivity index (χ4v) is 3.04. The quantitative estimate of drug-likeness (QED) is 0.679. The molecule has 0 atom stereocenters. The van der Waals surface area contributed by atoms with Crippen LogP contribution >= 0.6 is 0 Å². The van der Waals surface area contributed by atoms with Crippen molar-refractivity contribution in [2.75, 3.05) is 16.3 Å². The van der Waals surface area contributed by atoms with Crippen molar-refractivity contribution in [3.05, 3.63) is 77.9 Å². The highest BCUT2D eigenvalue weighted by atomic mass is 32.2. The molecule has 3 rings (SSSR count). The lowest BCUT2D eigenvalue weighted by Gasteiger charge is -2.12. The topological polar surface area (TPSA) is 93.1 Å². The molecule has 3 aromatic rings. The summed E-state index contributed by atoms with van der Waals surface area (Å²) in [5.74, 6) is -1.27. The molecule has 140 valence electrons. The summed E-state index contributed by atoms with van der Waals surface area (Å²) in [5, 5.41) is 6.76. The summed E-state index contributed by atoms with van der Waals surface area (Å²) in [4.78, 5) is 12.5. The van der Waals surface area contributed by atoms with Crippen LogP contribution in [0.25, 0.3) is 0 Å². The van der Waals surface area contributed by atoms with Crippen LogP contribution in [-0.4, -0.2) is 30.4 Å². The van der Waals surface area contributed by atoms with Gasteiger partial charge in [0.15, 0.2) is 0 Å². The van der Waals surface area contributed by atoms with Crippen molar-refractivity contribution in [2.45, 2.75) is 6.54 Å². The van der Waals surface area contributed by atoms with Crippen LogP contribution < -0.4 is 10.0 Å². The van der Waals surface area contributed by atoms with Gasteiger partial charge in [-0.3, -0.25) is 14.2 Å². The molecule has 0 unspecified atom stereocenters. The van der Waals surface area contributed by atoms with Gasteiger partial charge in [0, 0.05) is 18.1 Å². The van der Waals surface area contributed by atoms with Crippen LogP contribution in [-0.2, 0) is 16.6 Å². The molecule has 27 heavy (non-hydrogen) atoms. The molecular weight excluding hydrogens is 371 g/mol. The molecule has 0 radical (unpaired) electrons. The van der Waals surface area contributed by atoms with Gasteiger partial charge in [-0.2, -0.15) is 5.10 Å². The highest BCUT2D eigenvalue weighted by Gasteiger charge is 2.15. The number of nitrogens with one attached hydrogen (secondary N) is 2. The highest BCUT2D eigenvalue weighted by Crippen LogP contribution is 2.20. The number of nitrogens with zero attached hydrogens (tertiary/aromatic N) is 2. The Morgan fingerprint density at radius 3 is 2.56 bits per heavy atom. The predicted molar refractivity (Wildman–Crippen MR) is 101 cm³/mol. The summed E-state index contributed by atoms with van der Waals surface area (Å²) in [6.07, 6.45) is 4.49. The van der Waals surface area contributed by atoms with Gasteiger partial charge in [-0.05, 0) is 42.0 Å². The summed E-state index contributed by atoms with van der Waals surface area (Å²) in [6, 6.07) is 12.2. The number of anilines is 2. The fraction of sp³-hybridized carbons (Fsp3) is 0.111. The number of rotatable bonds is 6. The SMILES string of the molecule is CS(=O)(=O)Nc1ccc(F)cc1C(=O)Nc1ccc(Cn2cccn2)cc1. The molecule has 1 amide bonds. The molecule has 0 spiro atoms. The van der Waals surface area contributed by atoms with Gasteiger partial charge in [0.2, 0.25) is 10.0 Å². The molecule has 0 aliphatic rings. The fourth-order valence-electron chi connectivity index (χ4n) is 2.47. The number of carbonyl (C=O) groups excluding carboxylic acids is 1. The average Bonchev–Trinajstić information content (AvgIpc) is 3.10. The second kappa shape index (κ2) is 7.58. The lowest BCUT2D eigenvalue weighted by molar-refractivity contribution is 0.102. The van der Waals surface area contributed by atoms with Gasteiger partial charge in [0.1, 0.15) is 5.82 Å². The van der Waals surface area contributed by atoms with E-state index >= 15 is 0 Å². The maximum absolute atomic E-state index is 13.5. The summed E-state index contributed by atoms with van der Waals surface area (Å²) in [5.41, 5.74) is 1.38. The van der Waals surface area contributed by atoms with Crippen LogP contribution in [0.1, 0.15) is 15.9 Å².